The molecule has 0 fully saturated rings. The van der Waals surface area contributed by atoms with Crippen molar-refractivity contribution in [2.24, 2.45) is 5.41 Å². The standard InChI is InChI=1S/C23H23F6N3O2/c1-21(2,19(33)23(27,28)29)9-16-12-31-18(32-16)10-22(34,20(25)26)14-5-3-13(4-6-14)17-8-7-15(24)11-30-17/h3-8,11-12,19-20,33-34H,9-10H2,1-2H3,(H,31,32). The molecule has 5 nitrogen and oxygen atoms in total. The summed E-state index contributed by atoms with van der Waals surface area (Å²) in [7, 11) is 0. The number of pyridine rings is 1. The molecule has 3 aromatic rings. The molecule has 3 rings (SSSR count). The van der Waals surface area contributed by atoms with Crippen molar-refractivity contribution < 1.29 is 36.6 Å². The van der Waals surface area contributed by atoms with Gasteiger partial charge < -0.3 is 15.2 Å². The molecule has 0 saturated carbocycles. The summed E-state index contributed by atoms with van der Waals surface area (Å²) in [6, 6.07) is 8.12. The van der Waals surface area contributed by atoms with Crippen molar-refractivity contribution in [1.82, 2.24) is 15.0 Å². The Hall–Kier alpha value is -2.92. The van der Waals surface area contributed by atoms with Crippen LogP contribution in [0.5, 0.6) is 0 Å². The van der Waals surface area contributed by atoms with Gasteiger partial charge in [-0.15, -0.1) is 0 Å². The van der Waals surface area contributed by atoms with Gasteiger partial charge in [0.1, 0.15) is 11.6 Å². The number of aliphatic hydroxyl groups is 2. The Bertz CT molecular complexity index is 1100. The Labute approximate surface area is 191 Å². The fourth-order valence-corrected chi connectivity index (χ4v) is 3.63. The fourth-order valence-electron chi connectivity index (χ4n) is 3.63. The van der Waals surface area contributed by atoms with E-state index in [1.807, 2.05) is 0 Å². The molecule has 2 heterocycles. The first-order valence-electron chi connectivity index (χ1n) is 10.2. The third-order valence-corrected chi connectivity index (χ3v) is 5.58. The Morgan fingerprint density at radius 2 is 1.65 bits per heavy atom. The van der Waals surface area contributed by atoms with E-state index in [4.69, 9.17) is 0 Å². The molecule has 11 heteroatoms. The van der Waals surface area contributed by atoms with E-state index in [-0.39, 0.29) is 23.5 Å². The summed E-state index contributed by atoms with van der Waals surface area (Å²) < 4.78 is 79.6. The van der Waals surface area contributed by atoms with Gasteiger partial charge in [0.05, 0.1) is 17.6 Å². The van der Waals surface area contributed by atoms with Crippen LogP contribution in [-0.2, 0) is 18.4 Å². The fraction of sp³-hybridized carbons (Fsp3) is 0.391. The number of H-pyrrole nitrogens is 1. The molecule has 0 bridgehead atoms. The smallest absolute Gasteiger partial charge is 0.383 e. The van der Waals surface area contributed by atoms with Crippen molar-refractivity contribution in [2.45, 2.75) is 51.0 Å². The van der Waals surface area contributed by atoms with Gasteiger partial charge in [0.25, 0.3) is 6.43 Å². The maximum atomic E-state index is 13.9. The molecule has 0 aliphatic carbocycles. The molecule has 2 aromatic heterocycles. The first-order valence-corrected chi connectivity index (χ1v) is 10.2. The van der Waals surface area contributed by atoms with Crippen LogP contribution in [0.25, 0.3) is 11.3 Å². The van der Waals surface area contributed by atoms with Crippen LogP contribution >= 0.6 is 0 Å². The highest BCUT2D eigenvalue weighted by Crippen LogP contribution is 2.37. The molecule has 2 atom stereocenters. The molecule has 0 aliphatic heterocycles. The van der Waals surface area contributed by atoms with Crippen molar-refractivity contribution in [3.63, 3.8) is 0 Å². The van der Waals surface area contributed by atoms with Crippen LogP contribution in [0.4, 0.5) is 26.3 Å². The summed E-state index contributed by atoms with van der Waals surface area (Å²) in [4.78, 5) is 10.6. The Balaban J connectivity index is 1.80. The maximum Gasteiger partial charge on any atom is 0.414 e. The zero-order valence-corrected chi connectivity index (χ0v) is 18.2. The zero-order chi connectivity index (χ0) is 25.3. The van der Waals surface area contributed by atoms with Gasteiger partial charge >= 0.3 is 6.18 Å². The van der Waals surface area contributed by atoms with Crippen molar-refractivity contribution in [3.8, 4) is 11.3 Å². The Morgan fingerprint density at radius 3 is 2.18 bits per heavy atom. The van der Waals surface area contributed by atoms with Crippen LogP contribution in [-0.4, -0.2) is 43.9 Å². The third kappa shape index (κ3) is 5.58. The van der Waals surface area contributed by atoms with Gasteiger partial charge in [0, 0.05) is 23.6 Å². The molecule has 34 heavy (non-hydrogen) atoms. The summed E-state index contributed by atoms with van der Waals surface area (Å²) in [5.41, 5.74) is -3.31. The molecule has 1 aromatic carbocycles. The van der Waals surface area contributed by atoms with Gasteiger partial charge in [0.15, 0.2) is 11.7 Å². The van der Waals surface area contributed by atoms with E-state index in [0.717, 1.165) is 6.20 Å². The number of nitrogens with one attached hydrogen (secondary N) is 1. The monoisotopic (exact) mass is 487 g/mol. The van der Waals surface area contributed by atoms with E-state index in [9.17, 15) is 36.6 Å². The van der Waals surface area contributed by atoms with E-state index >= 15 is 0 Å². The van der Waals surface area contributed by atoms with Crippen LogP contribution in [0.3, 0.4) is 0 Å². The van der Waals surface area contributed by atoms with Crippen LogP contribution in [0.1, 0.15) is 30.9 Å². The largest absolute Gasteiger partial charge is 0.414 e. The molecule has 0 amide bonds. The summed E-state index contributed by atoms with van der Waals surface area (Å²) in [5, 5.41) is 20.4. The van der Waals surface area contributed by atoms with Gasteiger partial charge in [0.2, 0.25) is 0 Å². The molecule has 0 aliphatic rings. The predicted molar refractivity (Wildman–Crippen MR) is 111 cm³/mol. The average Bonchev–Trinajstić information content (AvgIpc) is 3.18. The second kappa shape index (κ2) is 9.38. The minimum atomic E-state index is -4.83. The minimum Gasteiger partial charge on any atom is -0.383 e. The summed E-state index contributed by atoms with van der Waals surface area (Å²) in [6.45, 7) is 2.43. The zero-order valence-electron chi connectivity index (χ0n) is 18.2. The van der Waals surface area contributed by atoms with E-state index in [1.165, 1.54) is 56.4 Å². The van der Waals surface area contributed by atoms with E-state index in [0.29, 0.717) is 11.3 Å². The lowest BCUT2D eigenvalue weighted by Crippen LogP contribution is -2.43. The molecule has 0 spiro atoms. The van der Waals surface area contributed by atoms with Crippen molar-refractivity contribution in [1.29, 1.82) is 0 Å². The normalized spacial score (nSPS) is 15.4. The SMILES string of the molecule is CC(C)(Cc1c[nH]c(CC(O)(c2ccc(-c3ccc(F)cn3)cc2)C(F)F)n1)C(O)C(F)(F)F. The number of benzene rings is 1. The number of hydrogen-bond donors (Lipinski definition) is 3. The number of aromatic nitrogens is 3. The number of aromatic amines is 1. The van der Waals surface area contributed by atoms with Crippen molar-refractivity contribution in [2.75, 3.05) is 0 Å². The lowest BCUT2D eigenvalue weighted by molar-refractivity contribution is -0.234. The quantitative estimate of drug-likeness (QED) is 0.399. The number of halogens is 6. The topological polar surface area (TPSA) is 82.0 Å². The van der Waals surface area contributed by atoms with Gasteiger partial charge in [-0.2, -0.15) is 13.2 Å². The highest BCUT2D eigenvalue weighted by atomic mass is 19.4. The summed E-state index contributed by atoms with van der Waals surface area (Å²) in [5.74, 6) is -0.582. The molecule has 0 radical (unpaired) electrons. The molecule has 184 valence electrons. The molecule has 2 unspecified atom stereocenters. The van der Waals surface area contributed by atoms with Crippen molar-refractivity contribution in [3.05, 3.63) is 71.7 Å². The van der Waals surface area contributed by atoms with E-state index < -0.39 is 42.0 Å². The van der Waals surface area contributed by atoms with Gasteiger partial charge in [-0.05, 0) is 24.1 Å². The first kappa shape index (κ1) is 25.7. The lowest BCUT2D eigenvalue weighted by atomic mass is 9.81. The minimum absolute atomic E-state index is 0.0561. The molecule has 0 saturated heterocycles. The molecular formula is C23H23F6N3O2. The number of hydrogen-bond acceptors (Lipinski definition) is 4. The third-order valence-electron chi connectivity index (χ3n) is 5.58. The number of nitrogens with zero attached hydrogens (tertiary/aromatic N) is 2. The lowest BCUT2D eigenvalue weighted by Gasteiger charge is -2.31. The average molecular weight is 487 g/mol. The predicted octanol–water partition coefficient (Wildman–Crippen LogP) is 4.80. The van der Waals surface area contributed by atoms with Crippen LogP contribution in [0, 0.1) is 11.2 Å². The number of rotatable bonds is 8. The van der Waals surface area contributed by atoms with Gasteiger partial charge in [-0.1, -0.05) is 38.1 Å². The Morgan fingerprint density at radius 1 is 1.00 bits per heavy atom. The highest BCUT2D eigenvalue weighted by Gasteiger charge is 2.48. The molecular weight excluding hydrogens is 464 g/mol. The summed E-state index contributed by atoms with van der Waals surface area (Å²) >= 11 is 0. The van der Waals surface area contributed by atoms with Gasteiger partial charge in [-0.3, -0.25) is 4.98 Å². The van der Waals surface area contributed by atoms with Crippen LogP contribution < -0.4 is 0 Å². The van der Waals surface area contributed by atoms with Gasteiger partial charge in [-0.25, -0.2) is 18.2 Å². The second-order valence-electron chi connectivity index (χ2n) is 8.79. The first-order chi connectivity index (χ1) is 15.7. The highest BCUT2D eigenvalue weighted by molar-refractivity contribution is 5.59. The Kier molecular flexibility index (Phi) is 7.09. The van der Waals surface area contributed by atoms with Crippen molar-refractivity contribution >= 4 is 0 Å². The number of imidazole rings is 1. The summed E-state index contributed by atoms with van der Waals surface area (Å²) in [6.07, 6.45) is -9.28. The van der Waals surface area contributed by atoms with Crippen LogP contribution in [0.2, 0.25) is 0 Å². The van der Waals surface area contributed by atoms with Crippen LogP contribution in [0.15, 0.2) is 48.8 Å². The second-order valence-corrected chi connectivity index (χ2v) is 8.79. The van der Waals surface area contributed by atoms with E-state index in [1.54, 1.807) is 0 Å². The van der Waals surface area contributed by atoms with E-state index in [2.05, 4.69) is 15.0 Å². The number of aliphatic hydroxyl groups excluding tert-OH is 1. The number of alkyl halides is 5. The maximum absolute atomic E-state index is 13.9. The molecule has 3 N–H and O–H groups in total.